The van der Waals surface area contributed by atoms with Gasteiger partial charge in [0.2, 0.25) is 5.91 Å². The van der Waals surface area contributed by atoms with Crippen LogP contribution in [-0.2, 0) is 4.79 Å². The summed E-state index contributed by atoms with van der Waals surface area (Å²) in [5.74, 6) is -1.05. The molecular weight excluding hydrogens is 413 g/mol. The van der Waals surface area contributed by atoms with Crippen LogP contribution in [0.5, 0.6) is 0 Å². The van der Waals surface area contributed by atoms with Gasteiger partial charge in [-0.15, -0.1) is 11.3 Å². The van der Waals surface area contributed by atoms with E-state index < -0.39 is 17.8 Å². The molecule has 1 aliphatic carbocycles. The van der Waals surface area contributed by atoms with Crippen LogP contribution in [0.3, 0.4) is 0 Å². The Morgan fingerprint density at radius 1 is 1.03 bits per heavy atom. The molecule has 1 N–H and O–H groups in total. The van der Waals surface area contributed by atoms with E-state index in [1.807, 2.05) is 17.5 Å². The molecule has 0 unspecified atom stereocenters. The highest BCUT2D eigenvalue weighted by Crippen LogP contribution is 2.32. The Morgan fingerprint density at radius 2 is 1.81 bits per heavy atom. The van der Waals surface area contributed by atoms with Gasteiger partial charge in [-0.1, -0.05) is 31.4 Å². The normalized spacial score (nSPS) is 15.3. The first-order valence-corrected chi connectivity index (χ1v) is 11.4. The number of benzene rings is 1. The topological polar surface area (TPSA) is 62.3 Å². The number of aromatic nitrogens is 1. The van der Waals surface area contributed by atoms with Crippen LogP contribution in [0.15, 0.2) is 66.2 Å². The van der Waals surface area contributed by atoms with Crippen molar-refractivity contribution in [3.05, 3.63) is 82.6 Å². The molecule has 3 aromatic rings. The van der Waals surface area contributed by atoms with Crippen LogP contribution < -0.4 is 10.2 Å². The molecule has 160 valence electrons. The fraction of sp³-hybridized carbons (Fsp3) is 0.292. The molecule has 0 bridgehead atoms. The molecule has 0 spiro atoms. The van der Waals surface area contributed by atoms with Gasteiger partial charge in [0.15, 0.2) is 6.04 Å². The van der Waals surface area contributed by atoms with Gasteiger partial charge in [0.25, 0.3) is 5.91 Å². The maximum atomic E-state index is 13.6. The Morgan fingerprint density at radius 3 is 2.45 bits per heavy atom. The standard InChI is InChI=1S/C24H24FN3O2S/c25-17-11-13-19(14-12-17)28(24(30)20-9-4-5-15-26-20)22(21-10-6-16-31-21)23(29)27-18-7-2-1-3-8-18/h4-6,9-16,18,22H,1-3,7-8H2,(H,27,29)/t22-/m1/s1. The molecule has 1 fully saturated rings. The van der Waals surface area contributed by atoms with Crippen molar-refractivity contribution >= 4 is 28.8 Å². The van der Waals surface area contributed by atoms with Crippen molar-refractivity contribution in [3.8, 4) is 0 Å². The van der Waals surface area contributed by atoms with Gasteiger partial charge in [-0.3, -0.25) is 19.5 Å². The number of thiophene rings is 1. The lowest BCUT2D eigenvalue weighted by molar-refractivity contribution is -0.123. The number of nitrogens with one attached hydrogen (secondary N) is 1. The highest BCUT2D eigenvalue weighted by molar-refractivity contribution is 7.10. The van der Waals surface area contributed by atoms with Gasteiger partial charge in [-0.05, 0) is 60.7 Å². The lowest BCUT2D eigenvalue weighted by Crippen LogP contribution is -2.47. The van der Waals surface area contributed by atoms with Crippen LogP contribution in [0.2, 0.25) is 0 Å². The van der Waals surface area contributed by atoms with Gasteiger partial charge < -0.3 is 5.32 Å². The monoisotopic (exact) mass is 437 g/mol. The molecule has 2 heterocycles. The molecule has 0 saturated heterocycles. The van der Waals surface area contributed by atoms with Gasteiger partial charge in [0.1, 0.15) is 11.5 Å². The lowest BCUT2D eigenvalue weighted by Gasteiger charge is -2.32. The number of carbonyl (C=O) groups excluding carboxylic acids is 2. The average molecular weight is 438 g/mol. The predicted octanol–water partition coefficient (Wildman–Crippen LogP) is 5.12. The van der Waals surface area contributed by atoms with Crippen LogP contribution in [-0.4, -0.2) is 22.8 Å². The Balaban J connectivity index is 1.74. The Hall–Kier alpha value is -3.06. The SMILES string of the molecule is O=C(NC1CCCCC1)[C@@H](c1cccs1)N(C(=O)c1ccccn1)c1ccc(F)cc1. The van der Waals surface area contributed by atoms with Gasteiger partial charge in [-0.25, -0.2) is 4.39 Å². The number of hydrogen-bond donors (Lipinski definition) is 1. The zero-order chi connectivity index (χ0) is 21.6. The van der Waals surface area contributed by atoms with Gasteiger partial charge in [0, 0.05) is 22.8 Å². The zero-order valence-electron chi connectivity index (χ0n) is 17.0. The smallest absolute Gasteiger partial charge is 0.277 e. The Kier molecular flexibility index (Phi) is 6.72. The number of carbonyl (C=O) groups is 2. The average Bonchev–Trinajstić information content (AvgIpc) is 3.33. The molecule has 1 atom stereocenters. The fourth-order valence-electron chi connectivity index (χ4n) is 3.95. The maximum Gasteiger partial charge on any atom is 0.277 e. The van der Waals surface area contributed by atoms with Crippen molar-refractivity contribution in [2.24, 2.45) is 0 Å². The first kappa shape index (κ1) is 21.2. The summed E-state index contributed by atoms with van der Waals surface area (Å²) in [6.45, 7) is 0. The molecule has 5 nitrogen and oxygen atoms in total. The Labute approximate surface area is 184 Å². The van der Waals surface area contributed by atoms with E-state index in [9.17, 15) is 14.0 Å². The highest BCUT2D eigenvalue weighted by Gasteiger charge is 2.35. The van der Waals surface area contributed by atoms with Crippen LogP contribution >= 0.6 is 11.3 Å². The number of halogens is 1. The number of rotatable bonds is 6. The summed E-state index contributed by atoms with van der Waals surface area (Å²) in [5, 5.41) is 5.03. The summed E-state index contributed by atoms with van der Waals surface area (Å²) in [4.78, 5) is 33.4. The van der Waals surface area contributed by atoms with Crippen LogP contribution in [0.1, 0.15) is 53.5 Å². The number of nitrogens with zero attached hydrogens (tertiary/aromatic N) is 2. The molecule has 2 amide bonds. The summed E-state index contributed by atoms with van der Waals surface area (Å²) in [7, 11) is 0. The van der Waals surface area contributed by atoms with E-state index in [-0.39, 0.29) is 17.6 Å². The minimum Gasteiger partial charge on any atom is -0.351 e. The number of pyridine rings is 1. The van der Waals surface area contributed by atoms with E-state index in [0.717, 1.165) is 30.6 Å². The van der Waals surface area contributed by atoms with Crippen molar-refractivity contribution in [1.29, 1.82) is 0 Å². The second kappa shape index (κ2) is 9.83. The summed E-state index contributed by atoms with van der Waals surface area (Å²) >= 11 is 1.41. The molecule has 0 radical (unpaired) electrons. The van der Waals surface area contributed by atoms with Gasteiger partial charge in [0.05, 0.1) is 0 Å². The first-order valence-electron chi connectivity index (χ1n) is 10.5. The third-order valence-corrected chi connectivity index (χ3v) is 6.40. The molecule has 1 aromatic carbocycles. The molecule has 1 saturated carbocycles. The van der Waals surface area contributed by atoms with Crippen molar-refractivity contribution in [2.75, 3.05) is 4.90 Å². The van der Waals surface area contributed by atoms with E-state index in [0.29, 0.717) is 5.69 Å². The second-order valence-electron chi connectivity index (χ2n) is 7.63. The highest BCUT2D eigenvalue weighted by atomic mass is 32.1. The lowest BCUT2D eigenvalue weighted by atomic mass is 9.95. The van der Waals surface area contributed by atoms with Crippen LogP contribution in [0.4, 0.5) is 10.1 Å². The number of amides is 2. The zero-order valence-corrected chi connectivity index (χ0v) is 17.9. The van der Waals surface area contributed by atoms with E-state index >= 15 is 0 Å². The molecule has 7 heteroatoms. The first-order chi connectivity index (χ1) is 15.1. The molecule has 0 aliphatic heterocycles. The van der Waals surface area contributed by atoms with Crippen molar-refractivity contribution < 1.29 is 14.0 Å². The third-order valence-electron chi connectivity index (χ3n) is 5.48. The third kappa shape index (κ3) is 4.99. The number of anilines is 1. The van der Waals surface area contributed by atoms with Crippen LogP contribution in [0.25, 0.3) is 0 Å². The molecular formula is C24H24FN3O2S. The van der Waals surface area contributed by atoms with Crippen molar-refractivity contribution in [3.63, 3.8) is 0 Å². The maximum absolute atomic E-state index is 13.6. The van der Waals surface area contributed by atoms with Crippen molar-refractivity contribution in [1.82, 2.24) is 10.3 Å². The molecule has 4 rings (SSSR count). The second-order valence-corrected chi connectivity index (χ2v) is 8.61. The van der Waals surface area contributed by atoms with Crippen molar-refractivity contribution in [2.45, 2.75) is 44.2 Å². The van der Waals surface area contributed by atoms with Gasteiger partial charge in [-0.2, -0.15) is 0 Å². The van der Waals surface area contributed by atoms with E-state index in [2.05, 4.69) is 10.3 Å². The molecule has 1 aliphatic rings. The number of hydrogen-bond acceptors (Lipinski definition) is 4. The quantitative estimate of drug-likeness (QED) is 0.582. The van der Waals surface area contributed by atoms with E-state index in [1.165, 1.54) is 46.9 Å². The summed E-state index contributed by atoms with van der Waals surface area (Å²) in [5.41, 5.74) is 0.660. The predicted molar refractivity (Wildman–Crippen MR) is 120 cm³/mol. The largest absolute Gasteiger partial charge is 0.351 e. The van der Waals surface area contributed by atoms with Crippen LogP contribution in [0, 0.1) is 5.82 Å². The molecule has 31 heavy (non-hydrogen) atoms. The fourth-order valence-corrected chi connectivity index (χ4v) is 4.76. The minimum absolute atomic E-state index is 0.101. The van der Waals surface area contributed by atoms with E-state index in [4.69, 9.17) is 0 Å². The minimum atomic E-state index is -0.873. The summed E-state index contributed by atoms with van der Waals surface area (Å²) in [6, 6.07) is 13.6. The summed E-state index contributed by atoms with van der Waals surface area (Å²) < 4.78 is 13.6. The molecule has 2 aromatic heterocycles. The Bertz CT molecular complexity index is 1000. The summed E-state index contributed by atoms with van der Waals surface area (Å²) in [6.07, 6.45) is 6.77. The van der Waals surface area contributed by atoms with E-state index in [1.54, 1.807) is 24.4 Å². The van der Waals surface area contributed by atoms with Gasteiger partial charge >= 0.3 is 0 Å².